The van der Waals surface area contributed by atoms with Crippen molar-refractivity contribution in [2.45, 2.75) is 0 Å². The van der Waals surface area contributed by atoms with E-state index in [2.05, 4.69) is 10.9 Å². The number of thioether (sulfide) groups is 1. The molecule has 0 aromatic heterocycles. The highest BCUT2D eigenvalue weighted by atomic mass is 32.2. The van der Waals surface area contributed by atoms with Crippen LogP contribution in [0.4, 0.5) is 0 Å². The van der Waals surface area contributed by atoms with Gasteiger partial charge >= 0.3 is 0 Å². The molecule has 0 radical (unpaired) electrons. The van der Waals surface area contributed by atoms with Crippen molar-refractivity contribution < 1.29 is 0 Å². The Hall–Kier alpha value is 0.200. The summed E-state index contributed by atoms with van der Waals surface area (Å²) in [7, 11) is 1.78. The molecular weight excluding hydrogens is 128 g/mol. The fourth-order valence-corrected chi connectivity index (χ4v) is 0.459. The molecule has 7 heavy (non-hydrogen) atoms. The molecule has 0 aliphatic rings. The van der Waals surface area contributed by atoms with Crippen LogP contribution >= 0.6 is 24.0 Å². The lowest BCUT2D eigenvalue weighted by Crippen LogP contribution is -2.30. The zero-order chi connectivity index (χ0) is 5.70. The smallest absolute Gasteiger partial charge is 0.147 e. The average molecular weight is 136 g/mol. The molecule has 0 aromatic rings. The molecule has 2 nitrogen and oxygen atoms in total. The van der Waals surface area contributed by atoms with Crippen LogP contribution in [-0.4, -0.2) is 17.6 Å². The van der Waals surface area contributed by atoms with E-state index >= 15 is 0 Å². The van der Waals surface area contributed by atoms with Gasteiger partial charge in [-0.25, -0.2) is 5.43 Å². The van der Waals surface area contributed by atoms with Gasteiger partial charge in [-0.1, -0.05) is 24.0 Å². The Morgan fingerprint density at radius 2 is 2.29 bits per heavy atom. The van der Waals surface area contributed by atoms with Crippen molar-refractivity contribution in [2.24, 2.45) is 0 Å². The normalized spacial score (nSPS) is 8.29. The second-order valence-electron chi connectivity index (χ2n) is 0.867. The summed E-state index contributed by atoms with van der Waals surface area (Å²) in [6.45, 7) is 0. The maximum atomic E-state index is 4.74. The molecule has 0 unspecified atom stereocenters. The fraction of sp³-hybridized carbons (Fsp3) is 0.667. The van der Waals surface area contributed by atoms with Gasteiger partial charge in [-0.05, 0) is 6.26 Å². The van der Waals surface area contributed by atoms with E-state index in [1.807, 2.05) is 6.26 Å². The molecule has 4 heteroatoms. The SMILES string of the molecule is CNNC(=S)SC. The lowest BCUT2D eigenvalue weighted by Gasteiger charge is -1.98. The molecule has 0 saturated heterocycles. The summed E-state index contributed by atoms with van der Waals surface area (Å²) >= 11 is 6.25. The quantitative estimate of drug-likeness (QED) is 0.401. The van der Waals surface area contributed by atoms with Crippen LogP contribution in [0.25, 0.3) is 0 Å². The molecule has 2 N–H and O–H groups in total. The summed E-state index contributed by atoms with van der Waals surface area (Å²) in [5, 5.41) is 0. The lowest BCUT2D eigenvalue weighted by atomic mass is 11.4. The third-order valence-corrected chi connectivity index (χ3v) is 1.49. The van der Waals surface area contributed by atoms with Gasteiger partial charge < -0.3 is 5.43 Å². The highest BCUT2D eigenvalue weighted by Crippen LogP contribution is 1.90. The minimum absolute atomic E-state index is 0.766. The number of hydrazine groups is 1. The molecule has 0 aliphatic heterocycles. The Kier molecular flexibility index (Phi) is 4.49. The fourth-order valence-electron chi connectivity index (χ4n) is 0.153. The predicted molar refractivity (Wildman–Crippen MR) is 38.3 cm³/mol. The van der Waals surface area contributed by atoms with E-state index in [1.54, 1.807) is 7.05 Å². The molecule has 0 fully saturated rings. The molecule has 42 valence electrons. The van der Waals surface area contributed by atoms with E-state index in [-0.39, 0.29) is 0 Å². The van der Waals surface area contributed by atoms with Crippen molar-refractivity contribution in [1.82, 2.24) is 10.9 Å². The Bertz CT molecular complexity index is 64.0. The summed E-state index contributed by atoms with van der Waals surface area (Å²) in [5.74, 6) is 0. The van der Waals surface area contributed by atoms with Crippen LogP contribution in [-0.2, 0) is 0 Å². The van der Waals surface area contributed by atoms with E-state index < -0.39 is 0 Å². The maximum Gasteiger partial charge on any atom is 0.147 e. The van der Waals surface area contributed by atoms with Gasteiger partial charge in [-0.3, -0.25) is 0 Å². The van der Waals surface area contributed by atoms with Crippen LogP contribution in [0.5, 0.6) is 0 Å². The van der Waals surface area contributed by atoms with E-state index in [4.69, 9.17) is 12.2 Å². The van der Waals surface area contributed by atoms with Crippen molar-refractivity contribution in [3.05, 3.63) is 0 Å². The number of hydrogen-bond donors (Lipinski definition) is 2. The van der Waals surface area contributed by atoms with Gasteiger partial charge in [0.2, 0.25) is 0 Å². The second-order valence-corrected chi connectivity index (χ2v) is 2.35. The molecular formula is C3H8N2S2. The van der Waals surface area contributed by atoms with Crippen molar-refractivity contribution in [2.75, 3.05) is 13.3 Å². The van der Waals surface area contributed by atoms with Crippen molar-refractivity contribution >= 4 is 28.3 Å². The minimum Gasteiger partial charge on any atom is -0.307 e. The third-order valence-electron chi connectivity index (χ3n) is 0.412. The predicted octanol–water partition coefficient (Wildman–Crippen LogP) is 0.358. The maximum absolute atomic E-state index is 4.74. The first-order valence-corrected chi connectivity index (χ1v) is 3.45. The minimum atomic E-state index is 0.766. The van der Waals surface area contributed by atoms with Crippen molar-refractivity contribution in [3.63, 3.8) is 0 Å². The van der Waals surface area contributed by atoms with Gasteiger partial charge in [0.15, 0.2) is 0 Å². The standard InChI is InChI=1S/C3H8N2S2/c1-4-5-3(6)7-2/h4H,1-2H3,(H,5,6). The highest BCUT2D eigenvalue weighted by molar-refractivity contribution is 8.22. The van der Waals surface area contributed by atoms with E-state index in [9.17, 15) is 0 Å². The molecule has 0 aromatic carbocycles. The summed E-state index contributed by atoms with van der Waals surface area (Å²) < 4.78 is 0.766. The van der Waals surface area contributed by atoms with E-state index in [0.29, 0.717) is 0 Å². The third kappa shape index (κ3) is 4.04. The summed E-state index contributed by atoms with van der Waals surface area (Å²) in [6, 6.07) is 0. The highest BCUT2D eigenvalue weighted by Gasteiger charge is 1.83. The van der Waals surface area contributed by atoms with Gasteiger partial charge in [0, 0.05) is 7.05 Å². The molecule has 0 bridgehead atoms. The summed E-state index contributed by atoms with van der Waals surface area (Å²) in [4.78, 5) is 0. The summed E-state index contributed by atoms with van der Waals surface area (Å²) in [6.07, 6.45) is 1.92. The second kappa shape index (κ2) is 4.36. The van der Waals surface area contributed by atoms with Gasteiger partial charge in [0.25, 0.3) is 0 Å². The van der Waals surface area contributed by atoms with Gasteiger partial charge in [0.05, 0.1) is 0 Å². The van der Waals surface area contributed by atoms with Gasteiger partial charge in [-0.2, -0.15) is 0 Å². The van der Waals surface area contributed by atoms with E-state index in [1.165, 1.54) is 11.8 Å². The topological polar surface area (TPSA) is 24.1 Å². The molecule has 0 amide bonds. The first-order chi connectivity index (χ1) is 3.31. The van der Waals surface area contributed by atoms with Crippen LogP contribution in [0.2, 0.25) is 0 Å². The van der Waals surface area contributed by atoms with Crippen LogP contribution in [0, 0.1) is 0 Å². The van der Waals surface area contributed by atoms with Crippen molar-refractivity contribution in [1.29, 1.82) is 0 Å². The Morgan fingerprint density at radius 3 is 2.43 bits per heavy atom. The molecule has 0 spiro atoms. The zero-order valence-electron chi connectivity index (χ0n) is 4.32. The molecule has 0 saturated carbocycles. The molecule has 0 atom stereocenters. The Labute approximate surface area is 53.0 Å². The van der Waals surface area contributed by atoms with Crippen LogP contribution in [0.15, 0.2) is 0 Å². The number of nitrogens with one attached hydrogen (secondary N) is 2. The average Bonchev–Trinajstić information content (AvgIpc) is 1.68. The first kappa shape index (κ1) is 7.20. The molecule has 0 heterocycles. The Balaban J connectivity index is 3.00. The van der Waals surface area contributed by atoms with Gasteiger partial charge in [-0.15, -0.1) is 0 Å². The monoisotopic (exact) mass is 136 g/mol. The van der Waals surface area contributed by atoms with Crippen molar-refractivity contribution in [3.8, 4) is 0 Å². The molecule has 0 rings (SSSR count). The van der Waals surface area contributed by atoms with E-state index in [0.717, 1.165) is 4.32 Å². The van der Waals surface area contributed by atoms with Crippen LogP contribution < -0.4 is 10.9 Å². The largest absolute Gasteiger partial charge is 0.307 e. The Morgan fingerprint density at radius 1 is 1.71 bits per heavy atom. The first-order valence-electron chi connectivity index (χ1n) is 1.82. The number of hydrogen-bond acceptors (Lipinski definition) is 3. The summed E-state index contributed by atoms with van der Waals surface area (Å²) in [5.41, 5.74) is 5.45. The number of rotatable bonds is 1. The molecule has 0 aliphatic carbocycles. The number of thiocarbonyl (C=S) groups is 1. The zero-order valence-corrected chi connectivity index (χ0v) is 5.95. The van der Waals surface area contributed by atoms with Crippen LogP contribution in [0.3, 0.4) is 0 Å². The van der Waals surface area contributed by atoms with Crippen LogP contribution in [0.1, 0.15) is 0 Å². The lowest BCUT2D eigenvalue weighted by molar-refractivity contribution is 0.786. The van der Waals surface area contributed by atoms with Gasteiger partial charge in [0.1, 0.15) is 4.32 Å².